The Hall–Kier alpha value is -1.38. The molecule has 1 aliphatic heterocycles. The fourth-order valence-corrected chi connectivity index (χ4v) is 5.70. The van der Waals surface area contributed by atoms with Crippen LogP contribution in [0.4, 0.5) is 0 Å². The summed E-state index contributed by atoms with van der Waals surface area (Å²) in [6.07, 6.45) is 1.99. The van der Waals surface area contributed by atoms with Crippen LogP contribution in [-0.2, 0) is 11.2 Å². The maximum atomic E-state index is 12.8. The number of aromatic nitrogens is 2. The van der Waals surface area contributed by atoms with Crippen molar-refractivity contribution in [2.75, 3.05) is 32.7 Å². The number of hydrogen-bond donors (Lipinski definition) is 1. The van der Waals surface area contributed by atoms with E-state index in [0.29, 0.717) is 11.1 Å². The Morgan fingerprint density at radius 2 is 1.93 bits per heavy atom. The molecule has 0 aromatic carbocycles. The molecule has 160 valence electrons. The molecular weight excluding hydrogens is 404 g/mol. The van der Waals surface area contributed by atoms with Crippen LogP contribution >= 0.6 is 23.1 Å². The molecule has 0 spiro atoms. The summed E-state index contributed by atoms with van der Waals surface area (Å²) in [6.45, 7) is 14.9. The number of nitrogens with zero attached hydrogens (tertiary/aromatic N) is 3. The minimum absolute atomic E-state index is 0.0867. The molecule has 2 atom stereocenters. The average Bonchev–Trinajstić information content (AvgIpc) is 3.02. The third-order valence-electron chi connectivity index (χ3n) is 5.86. The Balaban J connectivity index is 1.75. The van der Waals surface area contributed by atoms with Gasteiger partial charge in [-0.25, -0.2) is 4.98 Å². The van der Waals surface area contributed by atoms with Crippen molar-refractivity contribution >= 4 is 39.2 Å². The first-order valence-corrected chi connectivity index (χ1v) is 12.2. The molecule has 29 heavy (non-hydrogen) atoms. The van der Waals surface area contributed by atoms with E-state index in [4.69, 9.17) is 4.98 Å². The zero-order valence-electron chi connectivity index (χ0n) is 18.1. The Morgan fingerprint density at radius 1 is 1.24 bits per heavy atom. The number of aromatic amines is 1. The van der Waals surface area contributed by atoms with Crippen LogP contribution in [0.15, 0.2) is 9.95 Å². The number of thioether (sulfide) groups is 1. The van der Waals surface area contributed by atoms with E-state index in [-0.39, 0.29) is 16.7 Å². The van der Waals surface area contributed by atoms with Gasteiger partial charge in [0.05, 0.1) is 10.6 Å². The molecule has 1 N–H and O–H groups in total. The van der Waals surface area contributed by atoms with Crippen LogP contribution in [0, 0.1) is 12.8 Å². The fraction of sp³-hybridized carbons (Fsp3) is 0.667. The molecule has 1 fully saturated rings. The van der Waals surface area contributed by atoms with Gasteiger partial charge in [0, 0.05) is 31.1 Å². The number of piperazine rings is 1. The average molecular weight is 437 g/mol. The van der Waals surface area contributed by atoms with Gasteiger partial charge in [-0.15, -0.1) is 11.3 Å². The van der Waals surface area contributed by atoms with Crippen molar-refractivity contribution in [1.82, 2.24) is 19.8 Å². The number of carbonyl (C=O) groups excluding carboxylic acids is 1. The minimum Gasteiger partial charge on any atom is -0.339 e. The molecule has 8 heteroatoms. The molecule has 3 heterocycles. The SMILES string of the molecule is CCC(C)Cc1c(C)sc2nc(SC(C)C(=O)N3CCN(CC)CC3)[nH]c(=O)c12. The lowest BCUT2D eigenvalue weighted by Gasteiger charge is -2.35. The second kappa shape index (κ2) is 9.62. The van der Waals surface area contributed by atoms with Crippen LogP contribution in [-0.4, -0.2) is 63.6 Å². The highest BCUT2D eigenvalue weighted by Gasteiger charge is 2.26. The van der Waals surface area contributed by atoms with Crippen molar-refractivity contribution in [3.05, 3.63) is 20.8 Å². The van der Waals surface area contributed by atoms with Crippen LogP contribution in [0.2, 0.25) is 0 Å². The molecule has 0 bridgehead atoms. The minimum atomic E-state index is -0.274. The highest BCUT2D eigenvalue weighted by atomic mass is 32.2. The second-order valence-corrected chi connectivity index (χ2v) is 10.5. The normalized spacial score (nSPS) is 17.6. The standard InChI is InChI=1S/C21H32N4O2S2/c1-6-13(3)12-16-14(4)28-19-17(16)18(26)22-21(23-19)29-15(5)20(27)25-10-8-24(7-2)9-11-25/h13,15H,6-12H2,1-5H3,(H,22,23,26). The number of amides is 1. The van der Waals surface area contributed by atoms with Crippen LogP contribution in [0.25, 0.3) is 10.2 Å². The number of carbonyl (C=O) groups is 1. The summed E-state index contributed by atoms with van der Waals surface area (Å²) in [7, 11) is 0. The zero-order chi connectivity index (χ0) is 21.1. The number of likely N-dealkylation sites (N-methyl/N-ethyl adjacent to an activating group) is 1. The van der Waals surface area contributed by atoms with Crippen molar-refractivity contribution in [3.8, 4) is 0 Å². The number of nitrogens with one attached hydrogen (secondary N) is 1. The van der Waals surface area contributed by atoms with Crippen LogP contribution in [0.1, 0.15) is 44.6 Å². The van der Waals surface area contributed by atoms with Gasteiger partial charge in [0.25, 0.3) is 5.56 Å². The summed E-state index contributed by atoms with van der Waals surface area (Å²) in [5.41, 5.74) is 1.04. The monoisotopic (exact) mass is 436 g/mol. The first-order chi connectivity index (χ1) is 13.8. The van der Waals surface area contributed by atoms with E-state index in [1.54, 1.807) is 11.3 Å². The second-order valence-electron chi connectivity index (χ2n) is 7.93. The summed E-state index contributed by atoms with van der Waals surface area (Å²) in [6, 6.07) is 0. The maximum Gasteiger partial charge on any atom is 0.260 e. The number of thiophene rings is 1. The van der Waals surface area contributed by atoms with E-state index in [9.17, 15) is 9.59 Å². The lowest BCUT2D eigenvalue weighted by Crippen LogP contribution is -2.50. The van der Waals surface area contributed by atoms with Gasteiger partial charge in [-0.05, 0) is 38.3 Å². The molecule has 6 nitrogen and oxygen atoms in total. The van der Waals surface area contributed by atoms with E-state index >= 15 is 0 Å². The van der Waals surface area contributed by atoms with Gasteiger partial charge in [-0.3, -0.25) is 9.59 Å². The largest absolute Gasteiger partial charge is 0.339 e. The molecule has 0 aliphatic carbocycles. The lowest BCUT2D eigenvalue weighted by atomic mass is 9.98. The summed E-state index contributed by atoms with van der Waals surface area (Å²) < 4.78 is 0. The van der Waals surface area contributed by atoms with Crippen molar-refractivity contribution in [2.24, 2.45) is 5.92 Å². The number of H-pyrrole nitrogens is 1. The molecule has 2 unspecified atom stereocenters. The molecule has 0 radical (unpaired) electrons. The quantitative estimate of drug-likeness (QED) is 0.531. The van der Waals surface area contributed by atoms with Gasteiger partial charge in [-0.2, -0.15) is 0 Å². The molecule has 1 aliphatic rings. The Kier molecular flexibility index (Phi) is 7.40. The highest BCUT2D eigenvalue weighted by Crippen LogP contribution is 2.31. The molecule has 1 saturated heterocycles. The summed E-state index contributed by atoms with van der Waals surface area (Å²) >= 11 is 2.93. The molecular formula is C21H32N4O2S2. The predicted molar refractivity (Wildman–Crippen MR) is 122 cm³/mol. The van der Waals surface area contributed by atoms with Gasteiger partial charge < -0.3 is 14.8 Å². The third-order valence-corrected chi connectivity index (χ3v) is 7.87. The fourth-order valence-electron chi connectivity index (χ4n) is 3.71. The van der Waals surface area contributed by atoms with Crippen molar-refractivity contribution < 1.29 is 4.79 Å². The first-order valence-electron chi connectivity index (χ1n) is 10.5. The Morgan fingerprint density at radius 3 is 2.55 bits per heavy atom. The van der Waals surface area contributed by atoms with E-state index in [1.807, 2.05) is 11.8 Å². The van der Waals surface area contributed by atoms with Gasteiger partial charge in [0.1, 0.15) is 4.83 Å². The van der Waals surface area contributed by atoms with E-state index in [1.165, 1.54) is 16.6 Å². The number of rotatable bonds is 7. The summed E-state index contributed by atoms with van der Waals surface area (Å²) in [5.74, 6) is 0.652. The van der Waals surface area contributed by atoms with E-state index in [2.05, 4.69) is 37.6 Å². The van der Waals surface area contributed by atoms with Gasteiger partial charge in [-0.1, -0.05) is 39.0 Å². The Bertz CT molecular complexity index is 915. The number of hydrogen-bond acceptors (Lipinski definition) is 6. The highest BCUT2D eigenvalue weighted by molar-refractivity contribution is 8.00. The third kappa shape index (κ3) is 5.03. The Labute approximate surface area is 181 Å². The molecule has 1 amide bonds. The topological polar surface area (TPSA) is 69.3 Å². The van der Waals surface area contributed by atoms with Crippen molar-refractivity contribution in [2.45, 2.75) is 57.9 Å². The maximum absolute atomic E-state index is 12.8. The van der Waals surface area contributed by atoms with Crippen LogP contribution in [0.3, 0.4) is 0 Å². The lowest BCUT2D eigenvalue weighted by molar-refractivity contribution is -0.132. The van der Waals surface area contributed by atoms with Crippen molar-refractivity contribution in [3.63, 3.8) is 0 Å². The van der Waals surface area contributed by atoms with Gasteiger partial charge in [0.15, 0.2) is 5.16 Å². The molecule has 2 aromatic heterocycles. The van der Waals surface area contributed by atoms with Crippen molar-refractivity contribution in [1.29, 1.82) is 0 Å². The van der Waals surface area contributed by atoms with E-state index < -0.39 is 0 Å². The molecule has 2 aromatic rings. The molecule has 3 rings (SSSR count). The first kappa shape index (κ1) is 22.3. The van der Waals surface area contributed by atoms with E-state index in [0.717, 1.165) is 61.3 Å². The van der Waals surface area contributed by atoms with Gasteiger partial charge >= 0.3 is 0 Å². The van der Waals surface area contributed by atoms with Gasteiger partial charge in [0.2, 0.25) is 5.91 Å². The number of aryl methyl sites for hydroxylation is 1. The predicted octanol–water partition coefficient (Wildman–Crippen LogP) is 3.53. The number of fused-ring (bicyclic) bond motifs is 1. The zero-order valence-corrected chi connectivity index (χ0v) is 19.7. The van der Waals surface area contributed by atoms with Crippen LogP contribution < -0.4 is 5.56 Å². The summed E-state index contributed by atoms with van der Waals surface area (Å²) in [4.78, 5) is 39.5. The van der Waals surface area contributed by atoms with Crippen LogP contribution in [0.5, 0.6) is 0 Å². The summed E-state index contributed by atoms with van der Waals surface area (Å²) in [5, 5.41) is 0.989. The molecule has 0 saturated carbocycles. The smallest absolute Gasteiger partial charge is 0.260 e.